The molecule has 0 saturated heterocycles. The van der Waals surface area contributed by atoms with Crippen molar-refractivity contribution in [3.05, 3.63) is 6.10 Å². The molecule has 0 bridgehead atoms. The topological polar surface area (TPSA) is 169 Å². The molecule has 7 rings (SSSR count). The van der Waals surface area contributed by atoms with Crippen LogP contribution >= 0.6 is 0 Å². The molecule has 0 aromatic heterocycles. The molecule has 0 amide bonds. The van der Waals surface area contributed by atoms with Crippen LogP contribution in [0.3, 0.4) is 0 Å². The van der Waals surface area contributed by atoms with Crippen LogP contribution in [0, 0.1) is 57.9 Å². The molecule has 62 heavy (non-hydrogen) atoms. The fourth-order valence-electron chi connectivity index (χ4n) is 14.6. The van der Waals surface area contributed by atoms with Crippen molar-refractivity contribution in [3.8, 4) is 0 Å². The van der Waals surface area contributed by atoms with Gasteiger partial charge in [0.2, 0.25) is 0 Å². The molecular weight excluding hydrogens is 785 g/mol. The molecule has 10 heteroatoms. The van der Waals surface area contributed by atoms with Gasteiger partial charge in [-0.15, -0.1) is 0 Å². The molecule has 1 radical (unpaired) electrons. The van der Waals surface area contributed by atoms with Gasteiger partial charge >= 0.3 is 0 Å². The van der Waals surface area contributed by atoms with Gasteiger partial charge in [0.25, 0.3) is 0 Å². The summed E-state index contributed by atoms with van der Waals surface area (Å²) in [6.07, 6.45) is 10.6. The molecule has 7 aliphatic carbocycles. The van der Waals surface area contributed by atoms with E-state index in [2.05, 4.69) is 41.5 Å². The van der Waals surface area contributed by atoms with Crippen LogP contribution in [0.1, 0.15) is 196 Å². The van der Waals surface area contributed by atoms with Crippen molar-refractivity contribution in [3.63, 3.8) is 0 Å². The third-order valence-corrected chi connectivity index (χ3v) is 18.6. The van der Waals surface area contributed by atoms with E-state index in [1.54, 1.807) is 0 Å². The predicted octanol–water partition coefficient (Wildman–Crippen LogP) is 8.55. The quantitative estimate of drug-likeness (QED) is 0.0944. The maximum atomic E-state index is 13.8. The summed E-state index contributed by atoms with van der Waals surface area (Å²) in [6, 6.07) is 0. The fraction of sp³-hybridized carbons (Fsp3) is 0.981. The third-order valence-electron chi connectivity index (χ3n) is 18.6. The normalized spacial score (nSPS) is 46.3. The highest BCUT2D eigenvalue weighted by Crippen LogP contribution is 2.62. The summed E-state index contributed by atoms with van der Waals surface area (Å²) in [4.78, 5) is 0. The first-order valence-corrected chi connectivity index (χ1v) is 26.1. The van der Waals surface area contributed by atoms with Crippen molar-refractivity contribution < 1.29 is 50.0 Å². The van der Waals surface area contributed by atoms with E-state index in [0.29, 0.717) is 57.8 Å². The standard InChI is InChI=1S/C52H91O10/c1-31-17-13-20-34(43(31)56)48(61-40-26-14-18-32(2)44(40)57)52(49(35-21-15-29-50(3,4)46(35)58)62-41-27-16-30-51(5,6)47(41)59)36(22-8-12-28-42(52)55)45(33-19-7-9-23-37(33)53)60-39-25-11-10-24-38(39)54/h31-41,43-49,53-59H,7-30H2,1-6H3. The highest BCUT2D eigenvalue weighted by atomic mass is 16.5. The van der Waals surface area contributed by atoms with Crippen LogP contribution in [0.5, 0.6) is 0 Å². The van der Waals surface area contributed by atoms with Gasteiger partial charge in [0.15, 0.2) is 0 Å². The maximum Gasteiger partial charge on any atom is 0.105 e. The maximum absolute atomic E-state index is 13.8. The first-order chi connectivity index (χ1) is 29.5. The van der Waals surface area contributed by atoms with E-state index in [1.165, 1.54) is 0 Å². The van der Waals surface area contributed by atoms with E-state index >= 15 is 0 Å². The number of hydrogen-bond donors (Lipinski definition) is 7. The zero-order chi connectivity index (χ0) is 44.6. The van der Waals surface area contributed by atoms with Crippen molar-refractivity contribution in [2.75, 3.05) is 0 Å². The van der Waals surface area contributed by atoms with Gasteiger partial charge in [-0.1, -0.05) is 106 Å². The average Bonchev–Trinajstić information content (AvgIpc) is 3.40. The van der Waals surface area contributed by atoms with Crippen molar-refractivity contribution >= 4 is 0 Å². The molecule has 10 nitrogen and oxygen atoms in total. The SMILES string of the molecule is CC1CCCC(OC(C2CCCC(C)C2O)C2(C(OC3CCCC(C)(C)C3O)C3CCCC(C)(C)C3O)[C](O)CCCCC2C(OC2CCCCC2O)C2CCCCC2O)C1O. The van der Waals surface area contributed by atoms with Gasteiger partial charge in [0, 0.05) is 17.8 Å². The molecule has 359 valence electrons. The second kappa shape index (κ2) is 20.9. The van der Waals surface area contributed by atoms with Gasteiger partial charge in [0.1, 0.15) is 6.10 Å². The first kappa shape index (κ1) is 49.5. The van der Waals surface area contributed by atoms with Crippen LogP contribution < -0.4 is 0 Å². The highest BCUT2D eigenvalue weighted by Gasteiger charge is 2.67. The van der Waals surface area contributed by atoms with Crippen molar-refractivity contribution in [2.24, 2.45) is 51.8 Å². The van der Waals surface area contributed by atoms with Gasteiger partial charge < -0.3 is 50.0 Å². The summed E-state index contributed by atoms with van der Waals surface area (Å²) < 4.78 is 23.1. The lowest BCUT2D eigenvalue weighted by molar-refractivity contribution is -0.289. The second-order valence-electron chi connectivity index (χ2n) is 23.7. The Balaban J connectivity index is 1.52. The summed E-state index contributed by atoms with van der Waals surface area (Å²) >= 11 is 0. The third kappa shape index (κ3) is 10.1. The predicted molar refractivity (Wildman–Crippen MR) is 240 cm³/mol. The first-order valence-electron chi connectivity index (χ1n) is 26.1. The Morgan fingerprint density at radius 3 is 1.69 bits per heavy atom. The van der Waals surface area contributed by atoms with Crippen molar-refractivity contribution in [2.45, 2.75) is 269 Å². The number of ether oxygens (including phenoxy) is 3. The molecule has 0 aliphatic heterocycles. The summed E-state index contributed by atoms with van der Waals surface area (Å²) in [5.41, 5.74) is -2.26. The monoisotopic (exact) mass is 876 g/mol. The Morgan fingerprint density at radius 1 is 0.468 bits per heavy atom. The Labute approximate surface area is 375 Å². The van der Waals surface area contributed by atoms with E-state index in [-0.39, 0.29) is 23.9 Å². The largest absolute Gasteiger partial charge is 0.393 e. The van der Waals surface area contributed by atoms with Gasteiger partial charge in [-0.2, -0.15) is 0 Å². The zero-order valence-corrected chi connectivity index (χ0v) is 39.7. The van der Waals surface area contributed by atoms with E-state index < -0.39 is 107 Å². The Kier molecular flexibility index (Phi) is 16.7. The van der Waals surface area contributed by atoms with Crippen molar-refractivity contribution in [1.29, 1.82) is 0 Å². The number of aliphatic hydroxyl groups excluding tert-OH is 7. The van der Waals surface area contributed by atoms with Crippen LogP contribution in [-0.2, 0) is 14.2 Å². The molecule has 0 aromatic rings. The van der Waals surface area contributed by atoms with Gasteiger partial charge in [-0.25, -0.2) is 0 Å². The molecule has 7 N–H and O–H groups in total. The molecule has 7 aliphatic rings. The van der Waals surface area contributed by atoms with E-state index in [1.807, 2.05) is 0 Å². The van der Waals surface area contributed by atoms with E-state index in [0.717, 1.165) is 96.3 Å². The van der Waals surface area contributed by atoms with Crippen LogP contribution in [-0.4, -0.2) is 109 Å². The molecule has 7 fully saturated rings. The number of rotatable bonds is 12. The second-order valence-corrected chi connectivity index (χ2v) is 23.7. The lowest BCUT2D eigenvalue weighted by atomic mass is 9.51. The highest BCUT2D eigenvalue weighted by molar-refractivity contribution is 5.20. The van der Waals surface area contributed by atoms with Gasteiger partial charge in [-0.3, -0.25) is 0 Å². The smallest absolute Gasteiger partial charge is 0.105 e. The number of aliphatic hydroxyl groups is 7. The molecule has 7 saturated carbocycles. The summed E-state index contributed by atoms with van der Waals surface area (Å²) in [7, 11) is 0. The minimum Gasteiger partial charge on any atom is -0.393 e. The minimum absolute atomic E-state index is 0.0111. The molecule has 0 spiro atoms. The van der Waals surface area contributed by atoms with Crippen LogP contribution in [0.25, 0.3) is 0 Å². The lowest BCUT2D eigenvalue weighted by Crippen LogP contribution is -2.69. The zero-order valence-electron chi connectivity index (χ0n) is 39.7. The van der Waals surface area contributed by atoms with E-state index in [9.17, 15) is 35.7 Å². The minimum atomic E-state index is -1.39. The Hall–Kier alpha value is -0.400. The molecule has 19 atom stereocenters. The summed E-state index contributed by atoms with van der Waals surface area (Å²) in [5.74, 6) is -1.69. The van der Waals surface area contributed by atoms with Crippen molar-refractivity contribution in [1.82, 2.24) is 0 Å². The molecule has 0 heterocycles. The van der Waals surface area contributed by atoms with Crippen LogP contribution in [0.2, 0.25) is 0 Å². The molecular formula is C52H91O10. The number of hydrogen-bond acceptors (Lipinski definition) is 10. The lowest BCUT2D eigenvalue weighted by Gasteiger charge is -2.62. The molecule has 0 aromatic carbocycles. The van der Waals surface area contributed by atoms with Crippen LogP contribution in [0.15, 0.2) is 0 Å². The van der Waals surface area contributed by atoms with Gasteiger partial charge in [-0.05, 0) is 118 Å². The summed E-state index contributed by atoms with van der Waals surface area (Å²) in [6.45, 7) is 12.7. The van der Waals surface area contributed by atoms with Crippen LogP contribution in [0.4, 0.5) is 0 Å². The Bertz CT molecular complexity index is 1390. The Morgan fingerprint density at radius 2 is 0.984 bits per heavy atom. The van der Waals surface area contributed by atoms with E-state index in [4.69, 9.17) is 14.2 Å². The van der Waals surface area contributed by atoms with Gasteiger partial charge in [0.05, 0.1) is 78.7 Å². The fourth-order valence-corrected chi connectivity index (χ4v) is 14.6. The summed E-state index contributed by atoms with van der Waals surface area (Å²) in [5, 5.41) is 87.5. The average molecular weight is 876 g/mol. The molecule has 19 unspecified atom stereocenters.